The number of hydrogen-bond donors (Lipinski definition) is 1. The van der Waals surface area contributed by atoms with Crippen LogP contribution in [0.5, 0.6) is 0 Å². The number of piperazine rings is 1. The van der Waals surface area contributed by atoms with Gasteiger partial charge in [-0.2, -0.15) is 0 Å². The predicted molar refractivity (Wildman–Crippen MR) is 73.5 cm³/mol. The third kappa shape index (κ3) is 5.36. The van der Waals surface area contributed by atoms with Crippen LogP contribution in [-0.2, 0) is 4.74 Å². The number of unbranched alkanes of at least 4 members (excludes halogenated alkanes) is 1. The second-order valence-electron chi connectivity index (χ2n) is 5.04. The molecule has 1 fully saturated rings. The molecule has 0 aromatic heterocycles. The fourth-order valence-electron chi connectivity index (χ4n) is 2.41. The van der Waals surface area contributed by atoms with E-state index in [0.29, 0.717) is 12.1 Å². The van der Waals surface area contributed by atoms with Crippen LogP contribution in [-0.4, -0.2) is 49.8 Å². The van der Waals surface area contributed by atoms with Crippen molar-refractivity contribution in [2.45, 2.75) is 58.5 Å². The lowest BCUT2D eigenvalue weighted by atomic mass is 10.1. The van der Waals surface area contributed by atoms with E-state index in [0.717, 1.165) is 26.3 Å². The highest BCUT2D eigenvalue weighted by Crippen LogP contribution is 2.11. The first-order valence-corrected chi connectivity index (χ1v) is 7.36. The van der Waals surface area contributed by atoms with E-state index in [9.17, 15) is 0 Å². The first-order chi connectivity index (χ1) is 8.31. The molecule has 2 unspecified atom stereocenters. The van der Waals surface area contributed by atoms with Crippen molar-refractivity contribution in [3.05, 3.63) is 0 Å². The van der Waals surface area contributed by atoms with Gasteiger partial charge in [0.05, 0.1) is 6.61 Å². The summed E-state index contributed by atoms with van der Waals surface area (Å²) in [5, 5.41) is 3.63. The van der Waals surface area contributed by atoms with E-state index in [1.54, 1.807) is 0 Å². The molecule has 0 spiro atoms. The van der Waals surface area contributed by atoms with Gasteiger partial charge < -0.3 is 10.1 Å². The Morgan fingerprint density at radius 2 is 2.00 bits per heavy atom. The van der Waals surface area contributed by atoms with Gasteiger partial charge in [-0.05, 0) is 19.3 Å². The Morgan fingerprint density at radius 3 is 2.65 bits per heavy atom. The van der Waals surface area contributed by atoms with Gasteiger partial charge in [0.1, 0.15) is 0 Å². The van der Waals surface area contributed by atoms with Crippen LogP contribution in [0.15, 0.2) is 0 Å². The van der Waals surface area contributed by atoms with E-state index in [4.69, 9.17) is 4.74 Å². The molecule has 1 aliphatic rings. The normalized spacial score (nSPS) is 26.3. The van der Waals surface area contributed by atoms with Gasteiger partial charge in [0.15, 0.2) is 0 Å². The largest absolute Gasteiger partial charge is 0.380 e. The molecule has 0 aliphatic carbocycles. The van der Waals surface area contributed by atoms with Crippen LogP contribution in [0.4, 0.5) is 0 Å². The predicted octanol–water partition coefficient (Wildman–Crippen LogP) is 2.27. The minimum Gasteiger partial charge on any atom is -0.380 e. The van der Waals surface area contributed by atoms with Gasteiger partial charge in [0.2, 0.25) is 0 Å². The van der Waals surface area contributed by atoms with Crippen molar-refractivity contribution in [1.82, 2.24) is 10.2 Å². The van der Waals surface area contributed by atoms with Crippen molar-refractivity contribution in [3.8, 4) is 0 Å². The second-order valence-corrected chi connectivity index (χ2v) is 5.04. The van der Waals surface area contributed by atoms with Gasteiger partial charge in [-0.1, -0.05) is 27.2 Å². The summed E-state index contributed by atoms with van der Waals surface area (Å²) in [5.74, 6) is 0. The first kappa shape index (κ1) is 14.9. The molecule has 1 saturated heterocycles. The molecule has 0 aromatic rings. The highest BCUT2D eigenvalue weighted by atomic mass is 16.5. The van der Waals surface area contributed by atoms with Crippen molar-refractivity contribution in [2.24, 2.45) is 0 Å². The van der Waals surface area contributed by atoms with Crippen molar-refractivity contribution >= 4 is 0 Å². The first-order valence-electron chi connectivity index (χ1n) is 7.36. The Kier molecular flexibility index (Phi) is 7.82. The molecule has 1 rings (SSSR count). The lowest BCUT2D eigenvalue weighted by Gasteiger charge is -2.39. The maximum absolute atomic E-state index is 5.68. The Bertz CT molecular complexity index is 187. The number of nitrogens with one attached hydrogen (secondary N) is 1. The SMILES string of the molecule is CCCCOCCN1CC(CC)NCC1CC. The fourth-order valence-corrected chi connectivity index (χ4v) is 2.41. The summed E-state index contributed by atoms with van der Waals surface area (Å²) < 4.78 is 5.68. The van der Waals surface area contributed by atoms with Crippen LogP contribution in [0.3, 0.4) is 0 Å². The van der Waals surface area contributed by atoms with Crippen LogP contribution >= 0.6 is 0 Å². The standard InChI is InChI=1S/C14H30N2O/c1-4-7-9-17-10-8-16-12-13(5-2)15-11-14(16)6-3/h13-15H,4-12H2,1-3H3. The summed E-state index contributed by atoms with van der Waals surface area (Å²) in [6, 6.07) is 1.38. The molecule has 1 heterocycles. The lowest BCUT2D eigenvalue weighted by molar-refractivity contribution is 0.0625. The van der Waals surface area contributed by atoms with Crippen LogP contribution in [0, 0.1) is 0 Å². The molecule has 2 atom stereocenters. The summed E-state index contributed by atoms with van der Waals surface area (Å²) in [6.07, 6.45) is 4.88. The van der Waals surface area contributed by atoms with E-state index in [1.807, 2.05) is 0 Å². The maximum atomic E-state index is 5.68. The van der Waals surface area contributed by atoms with E-state index < -0.39 is 0 Å². The smallest absolute Gasteiger partial charge is 0.0593 e. The van der Waals surface area contributed by atoms with Crippen molar-refractivity contribution in [1.29, 1.82) is 0 Å². The van der Waals surface area contributed by atoms with Gasteiger partial charge in [-0.25, -0.2) is 0 Å². The third-order valence-electron chi connectivity index (χ3n) is 3.74. The van der Waals surface area contributed by atoms with Gasteiger partial charge in [0, 0.05) is 38.3 Å². The zero-order valence-corrected chi connectivity index (χ0v) is 11.9. The molecule has 0 bridgehead atoms. The number of hydrogen-bond acceptors (Lipinski definition) is 3. The molecule has 0 aromatic carbocycles. The molecule has 1 aliphatic heterocycles. The van der Waals surface area contributed by atoms with Crippen molar-refractivity contribution in [2.75, 3.05) is 32.8 Å². The number of ether oxygens (including phenoxy) is 1. The van der Waals surface area contributed by atoms with Crippen molar-refractivity contribution in [3.63, 3.8) is 0 Å². The molecule has 3 heteroatoms. The zero-order chi connectivity index (χ0) is 12.5. The third-order valence-corrected chi connectivity index (χ3v) is 3.74. The monoisotopic (exact) mass is 242 g/mol. The van der Waals surface area contributed by atoms with E-state index in [1.165, 1.54) is 32.2 Å². The molecule has 0 saturated carbocycles. The highest BCUT2D eigenvalue weighted by Gasteiger charge is 2.25. The maximum Gasteiger partial charge on any atom is 0.0593 e. The minimum atomic E-state index is 0.674. The summed E-state index contributed by atoms with van der Waals surface area (Å²) in [6.45, 7) is 12.0. The molecule has 3 nitrogen and oxygen atoms in total. The van der Waals surface area contributed by atoms with Crippen LogP contribution in [0.1, 0.15) is 46.5 Å². The zero-order valence-electron chi connectivity index (χ0n) is 11.9. The summed E-state index contributed by atoms with van der Waals surface area (Å²) >= 11 is 0. The molecular formula is C14H30N2O. The lowest BCUT2D eigenvalue weighted by Crippen LogP contribution is -2.56. The van der Waals surface area contributed by atoms with Crippen LogP contribution in [0.2, 0.25) is 0 Å². The van der Waals surface area contributed by atoms with Crippen molar-refractivity contribution < 1.29 is 4.74 Å². The van der Waals surface area contributed by atoms with E-state index in [-0.39, 0.29) is 0 Å². The van der Waals surface area contributed by atoms with Gasteiger partial charge >= 0.3 is 0 Å². The Balaban J connectivity index is 2.21. The fraction of sp³-hybridized carbons (Fsp3) is 1.00. The summed E-state index contributed by atoms with van der Waals surface area (Å²) in [7, 11) is 0. The topological polar surface area (TPSA) is 24.5 Å². The molecule has 0 amide bonds. The average Bonchev–Trinajstić information content (AvgIpc) is 2.38. The quantitative estimate of drug-likeness (QED) is 0.661. The Labute approximate surface area is 107 Å². The Hall–Kier alpha value is -0.120. The molecule has 0 radical (unpaired) electrons. The van der Waals surface area contributed by atoms with Gasteiger partial charge in [-0.3, -0.25) is 4.90 Å². The van der Waals surface area contributed by atoms with E-state index in [2.05, 4.69) is 31.0 Å². The van der Waals surface area contributed by atoms with E-state index >= 15 is 0 Å². The Morgan fingerprint density at radius 1 is 1.18 bits per heavy atom. The summed E-state index contributed by atoms with van der Waals surface area (Å²) in [4.78, 5) is 2.61. The number of rotatable bonds is 8. The van der Waals surface area contributed by atoms with Crippen LogP contribution < -0.4 is 5.32 Å². The van der Waals surface area contributed by atoms with Gasteiger partial charge in [-0.15, -0.1) is 0 Å². The minimum absolute atomic E-state index is 0.674. The molecule has 1 N–H and O–H groups in total. The molecule has 17 heavy (non-hydrogen) atoms. The highest BCUT2D eigenvalue weighted by molar-refractivity contribution is 4.84. The summed E-state index contributed by atoms with van der Waals surface area (Å²) in [5.41, 5.74) is 0. The van der Waals surface area contributed by atoms with Crippen LogP contribution in [0.25, 0.3) is 0 Å². The second kappa shape index (κ2) is 8.90. The molecule has 102 valence electrons. The van der Waals surface area contributed by atoms with Gasteiger partial charge in [0.25, 0.3) is 0 Å². The molecular weight excluding hydrogens is 212 g/mol. The number of nitrogens with zero attached hydrogens (tertiary/aromatic N) is 1. The average molecular weight is 242 g/mol.